The zero-order chi connectivity index (χ0) is 11.4. The lowest BCUT2D eigenvalue weighted by Crippen LogP contribution is -3.12. The van der Waals surface area contributed by atoms with Crippen molar-refractivity contribution in [1.29, 1.82) is 0 Å². The number of thiophene rings is 1. The molecule has 1 aromatic heterocycles. The molecule has 88 valence electrons. The summed E-state index contributed by atoms with van der Waals surface area (Å²) in [6.07, 6.45) is 0.497. The Labute approximate surface area is 99.8 Å². The second-order valence-electron chi connectivity index (χ2n) is 4.24. The van der Waals surface area contributed by atoms with Crippen LogP contribution in [0.15, 0.2) is 17.5 Å². The van der Waals surface area contributed by atoms with E-state index in [4.69, 9.17) is 0 Å². The summed E-state index contributed by atoms with van der Waals surface area (Å²) in [5.41, 5.74) is 2.97. The Kier molecular flexibility index (Phi) is 3.93. The van der Waals surface area contributed by atoms with Gasteiger partial charge in [0.15, 0.2) is 0 Å². The molecule has 2 N–H and O–H groups in total. The fraction of sp³-hybridized carbons (Fsp3) is 0.545. The molecule has 0 atom stereocenters. The third-order valence-electron chi connectivity index (χ3n) is 2.81. The van der Waals surface area contributed by atoms with Gasteiger partial charge < -0.3 is 4.90 Å². The monoisotopic (exact) mass is 240 g/mol. The molecule has 4 nitrogen and oxygen atoms in total. The van der Waals surface area contributed by atoms with Crippen LogP contribution >= 0.6 is 11.3 Å². The average molecular weight is 240 g/mol. The lowest BCUT2D eigenvalue weighted by Gasteiger charge is -2.30. The Morgan fingerprint density at radius 2 is 2.31 bits per heavy atom. The topological polar surface area (TPSA) is 36.8 Å². The van der Waals surface area contributed by atoms with Crippen molar-refractivity contribution in [3.8, 4) is 0 Å². The van der Waals surface area contributed by atoms with Crippen LogP contribution in [-0.2, 0) is 11.2 Å². The number of nitrogens with zero attached hydrogens (tertiary/aromatic N) is 1. The highest BCUT2D eigenvalue weighted by Gasteiger charge is 2.18. The maximum atomic E-state index is 11.7. The third kappa shape index (κ3) is 3.30. The summed E-state index contributed by atoms with van der Waals surface area (Å²) in [5.74, 6) is 0.0991. The van der Waals surface area contributed by atoms with Gasteiger partial charge in [0.05, 0.1) is 39.6 Å². The molecule has 0 saturated carbocycles. The standard InChI is InChI=1S/C11H17N3OS/c1-13-4-6-14(7-5-13)12-11(15)9-10-3-2-8-16-10/h2-3,8H,4-7,9H2,1H3,(H,12,15)/p+1. The molecular formula is C11H18N3OS+. The first-order chi connectivity index (χ1) is 7.74. The van der Waals surface area contributed by atoms with E-state index in [1.165, 1.54) is 4.90 Å². The van der Waals surface area contributed by atoms with E-state index >= 15 is 0 Å². The number of hydrogen-bond acceptors (Lipinski definition) is 3. The summed E-state index contributed by atoms with van der Waals surface area (Å²) in [6, 6.07) is 3.98. The van der Waals surface area contributed by atoms with E-state index in [9.17, 15) is 4.79 Å². The molecule has 0 unspecified atom stereocenters. The summed E-state index contributed by atoms with van der Waals surface area (Å²) in [6.45, 7) is 4.09. The predicted molar refractivity (Wildman–Crippen MR) is 64.4 cm³/mol. The first-order valence-corrected chi connectivity index (χ1v) is 6.50. The molecule has 16 heavy (non-hydrogen) atoms. The van der Waals surface area contributed by atoms with Gasteiger partial charge in [-0.05, 0) is 11.4 Å². The lowest BCUT2D eigenvalue weighted by atomic mass is 10.3. The molecule has 1 aliphatic rings. The van der Waals surface area contributed by atoms with E-state index in [-0.39, 0.29) is 5.91 Å². The number of carbonyl (C=O) groups excluding carboxylic acids is 1. The number of hydrogen-bond donors (Lipinski definition) is 2. The number of carbonyl (C=O) groups is 1. The summed E-state index contributed by atoms with van der Waals surface area (Å²) in [4.78, 5) is 14.4. The van der Waals surface area contributed by atoms with Gasteiger partial charge in [0, 0.05) is 4.88 Å². The van der Waals surface area contributed by atoms with E-state index in [0.29, 0.717) is 6.42 Å². The van der Waals surface area contributed by atoms with Crippen LogP contribution < -0.4 is 10.3 Å². The molecule has 1 fully saturated rings. The van der Waals surface area contributed by atoms with Crippen LogP contribution in [0.4, 0.5) is 0 Å². The zero-order valence-electron chi connectivity index (χ0n) is 9.53. The van der Waals surface area contributed by atoms with Crippen LogP contribution in [0.2, 0.25) is 0 Å². The quantitative estimate of drug-likeness (QED) is 0.722. The predicted octanol–water partition coefficient (Wildman–Crippen LogP) is -0.848. The number of nitrogens with one attached hydrogen (secondary N) is 2. The zero-order valence-corrected chi connectivity index (χ0v) is 10.3. The highest BCUT2D eigenvalue weighted by Crippen LogP contribution is 2.08. The fourth-order valence-corrected chi connectivity index (χ4v) is 2.49. The molecule has 1 aliphatic heterocycles. The highest BCUT2D eigenvalue weighted by molar-refractivity contribution is 7.10. The van der Waals surface area contributed by atoms with Gasteiger partial charge in [-0.15, -0.1) is 11.3 Å². The van der Waals surface area contributed by atoms with Gasteiger partial charge in [-0.2, -0.15) is 0 Å². The minimum Gasteiger partial charge on any atom is -0.335 e. The van der Waals surface area contributed by atoms with E-state index in [0.717, 1.165) is 31.1 Å². The van der Waals surface area contributed by atoms with E-state index in [2.05, 4.69) is 12.5 Å². The normalized spacial score (nSPS) is 18.6. The number of piperazine rings is 1. The van der Waals surface area contributed by atoms with E-state index in [1.807, 2.05) is 22.5 Å². The van der Waals surface area contributed by atoms with Crippen LogP contribution in [-0.4, -0.2) is 44.1 Å². The van der Waals surface area contributed by atoms with Crippen molar-refractivity contribution in [1.82, 2.24) is 10.4 Å². The molecule has 0 spiro atoms. The Morgan fingerprint density at radius 3 is 2.94 bits per heavy atom. The first kappa shape index (κ1) is 11.6. The van der Waals surface area contributed by atoms with Crippen LogP contribution in [0.1, 0.15) is 4.88 Å². The molecule has 2 rings (SSSR count). The van der Waals surface area contributed by atoms with Crippen molar-refractivity contribution in [3.05, 3.63) is 22.4 Å². The molecule has 0 aliphatic carbocycles. The molecule has 1 saturated heterocycles. The van der Waals surface area contributed by atoms with Crippen LogP contribution in [0.3, 0.4) is 0 Å². The van der Waals surface area contributed by atoms with Crippen LogP contribution in [0.5, 0.6) is 0 Å². The average Bonchev–Trinajstić information content (AvgIpc) is 2.74. The molecule has 0 radical (unpaired) electrons. The second kappa shape index (κ2) is 5.43. The Hall–Kier alpha value is -0.910. The Bertz CT molecular complexity index is 331. The molecule has 0 aromatic carbocycles. The lowest BCUT2D eigenvalue weighted by molar-refractivity contribution is -0.884. The van der Waals surface area contributed by atoms with Gasteiger partial charge in [-0.25, -0.2) is 5.01 Å². The highest BCUT2D eigenvalue weighted by atomic mass is 32.1. The molecule has 2 heterocycles. The van der Waals surface area contributed by atoms with E-state index in [1.54, 1.807) is 11.3 Å². The Morgan fingerprint density at radius 1 is 1.56 bits per heavy atom. The summed E-state index contributed by atoms with van der Waals surface area (Å²) in [7, 11) is 2.19. The third-order valence-corrected chi connectivity index (χ3v) is 3.69. The van der Waals surface area contributed by atoms with Crippen molar-refractivity contribution >= 4 is 17.2 Å². The van der Waals surface area contributed by atoms with Crippen molar-refractivity contribution in [2.45, 2.75) is 6.42 Å². The maximum absolute atomic E-state index is 11.7. The number of amides is 1. The van der Waals surface area contributed by atoms with Gasteiger partial charge in [-0.3, -0.25) is 10.2 Å². The van der Waals surface area contributed by atoms with Crippen molar-refractivity contribution < 1.29 is 9.69 Å². The molecule has 1 amide bonds. The number of hydrazine groups is 1. The minimum atomic E-state index is 0.0991. The van der Waals surface area contributed by atoms with Gasteiger partial charge in [0.2, 0.25) is 5.91 Å². The SMILES string of the molecule is C[NH+]1CCN(NC(=O)Cc2cccs2)CC1. The van der Waals surface area contributed by atoms with Crippen LogP contribution in [0, 0.1) is 0 Å². The van der Waals surface area contributed by atoms with E-state index < -0.39 is 0 Å². The number of rotatable bonds is 3. The second-order valence-corrected chi connectivity index (χ2v) is 5.27. The van der Waals surface area contributed by atoms with Gasteiger partial charge >= 0.3 is 0 Å². The molecular weight excluding hydrogens is 222 g/mol. The van der Waals surface area contributed by atoms with Crippen LogP contribution in [0.25, 0.3) is 0 Å². The molecule has 0 bridgehead atoms. The first-order valence-electron chi connectivity index (χ1n) is 5.62. The summed E-state index contributed by atoms with van der Waals surface area (Å²) in [5, 5.41) is 4.03. The van der Waals surface area contributed by atoms with Gasteiger partial charge in [0.25, 0.3) is 0 Å². The fourth-order valence-electron chi connectivity index (χ4n) is 1.79. The van der Waals surface area contributed by atoms with Crippen molar-refractivity contribution in [2.24, 2.45) is 0 Å². The summed E-state index contributed by atoms with van der Waals surface area (Å²) < 4.78 is 0. The number of likely N-dealkylation sites (N-methyl/N-ethyl adjacent to an activating group) is 1. The molecule has 5 heteroatoms. The van der Waals surface area contributed by atoms with Crippen molar-refractivity contribution in [2.75, 3.05) is 33.2 Å². The number of quaternary nitrogens is 1. The minimum absolute atomic E-state index is 0.0991. The Balaban J connectivity index is 1.75. The largest absolute Gasteiger partial charge is 0.335 e. The van der Waals surface area contributed by atoms with Gasteiger partial charge in [0.1, 0.15) is 0 Å². The van der Waals surface area contributed by atoms with Crippen molar-refractivity contribution in [3.63, 3.8) is 0 Å². The summed E-state index contributed by atoms with van der Waals surface area (Å²) >= 11 is 1.63. The smallest absolute Gasteiger partial charge is 0.239 e. The molecule has 1 aromatic rings. The maximum Gasteiger partial charge on any atom is 0.239 e. The van der Waals surface area contributed by atoms with Gasteiger partial charge in [-0.1, -0.05) is 6.07 Å².